The molecule has 0 radical (unpaired) electrons. The van der Waals surface area contributed by atoms with Gasteiger partial charge in [0.25, 0.3) is 0 Å². The van der Waals surface area contributed by atoms with Crippen molar-refractivity contribution in [2.75, 3.05) is 52.7 Å². The highest BCUT2D eigenvalue weighted by Gasteiger charge is 2.22. The first-order valence-corrected chi connectivity index (χ1v) is 11.5. The fraction of sp³-hybridized carbons (Fsp3) is 0.909. The first-order valence-electron chi connectivity index (χ1n) is 11.5. The summed E-state index contributed by atoms with van der Waals surface area (Å²) in [5.41, 5.74) is 0. The zero-order chi connectivity index (χ0) is 22.5. The van der Waals surface area contributed by atoms with Crippen molar-refractivity contribution in [3.05, 3.63) is 0 Å². The lowest BCUT2D eigenvalue weighted by atomic mass is 9.79. The standard InChI is InChI=1S/C22H44N2O6/c1-3-5-19(7-9-21(27)23-11-15-29-17-13-25)20(6-4-2)8-10-22(28)24-12-16-30-18-14-26/h19-20,25-26H,3-18H2,1-2H3,(H,23,27)(H,24,28). The Balaban J connectivity index is 4.33. The zero-order valence-corrected chi connectivity index (χ0v) is 19.0. The molecule has 0 saturated carbocycles. The Hall–Kier alpha value is -1.22. The van der Waals surface area contributed by atoms with E-state index in [-0.39, 0.29) is 38.2 Å². The molecule has 30 heavy (non-hydrogen) atoms. The van der Waals surface area contributed by atoms with Crippen LogP contribution in [0.4, 0.5) is 0 Å². The number of hydrogen-bond acceptors (Lipinski definition) is 6. The van der Waals surface area contributed by atoms with Crippen LogP contribution in [0.5, 0.6) is 0 Å². The Morgan fingerprint density at radius 1 is 0.700 bits per heavy atom. The van der Waals surface area contributed by atoms with E-state index in [9.17, 15) is 9.59 Å². The van der Waals surface area contributed by atoms with Crippen molar-refractivity contribution in [2.24, 2.45) is 11.8 Å². The Bertz CT molecular complexity index is 384. The third kappa shape index (κ3) is 16.6. The molecule has 0 aromatic heterocycles. The van der Waals surface area contributed by atoms with Gasteiger partial charge in [0.1, 0.15) is 0 Å². The van der Waals surface area contributed by atoms with Gasteiger partial charge in [-0.2, -0.15) is 0 Å². The van der Waals surface area contributed by atoms with Gasteiger partial charge in [-0.05, 0) is 24.7 Å². The highest BCUT2D eigenvalue weighted by atomic mass is 16.5. The lowest BCUT2D eigenvalue weighted by molar-refractivity contribution is -0.123. The van der Waals surface area contributed by atoms with Gasteiger partial charge in [-0.25, -0.2) is 0 Å². The van der Waals surface area contributed by atoms with E-state index in [0.29, 0.717) is 51.0 Å². The van der Waals surface area contributed by atoms with Crippen LogP contribution in [0.3, 0.4) is 0 Å². The molecule has 0 heterocycles. The summed E-state index contributed by atoms with van der Waals surface area (Å²) in [6.45, 7) is 6.60. The van der Waals surface area contributed by atoms with Crippen molar-refractivity contribution in [3.63, 3.8) is 0 Å². The quantitative estimate of drug-likeness (QED) is 0.205. The van der Waals surface area contributed by atoms with Gasteiger partial charge < -0.3 is 30.3 Å². The van der Waals surface area contributed by atoms with Crippen molar-refractivity contribution in [1.82, 2.24) is 10.6 Å². The number of hydrogen-bond donors (Lipinski definition) is 4. The minimum absolute atomic E-state index is 0.0129. The average Bonchev–Trinajstić information content (AvgIpc) is 2.74. The molecule has 8 heteroatoms. The van der Waals surface area contributed by atoms with Crippen LogP contribution in [-0.4, -0.2) is 74.8 Å². The Kier molecular flexibility index (Phi) is 20.2. The molecule has 0 bridgehead atoms. The highest BCUT2D eigenvalue weighted by Crippen LogP contribution is 2.30. The second-order valence-electron chi connectivity index (χ2n) is 7.55. The predicted octanol–water partition coefficient (Wildman–Crippen LogP) is 1.63. The Morgan fingerprint density at radius 2 is 1.10 bits per heavy atom. The van der Waals surface area contributed by atoms with Gasteiger partial charge in [-0.3, -0.25) is 9.59 Å². The van der Waals surface area contributed by atoms with E-state index in [4.69, 9.17) is 19.7 Å². The highest BCUT2D eigenvalue weighted by molar-refractivity contribution is 5.76. The second-order valence-corrected chi connectivity index (χ2v) is 7.55. The zero-order valence-electron chi connectivity index (χ0n) is 19.0. The van der Waals surface area contributed by atoms with Gasteiger partial charge >= 0.3 is 0 Å². The lowest BCUT2D eigenvalue weighted by Crippen LogP contribution is -2.29. The first-order chi connectivity index (χ1) is 14.6. The molecule has 0 aliphatic rings. The van der Waals surface area contributed by atoms with E-state index in [0.717, 1.165) is 38.5 Å². The van der Waals surface area contributed by atoms with Crippen molar-refractivity contribution in [1.29, 1.82) is 0 Å². The van der Waals surface area contributed by atoms with Gasteiger partial charge in [0.2, 0.25) is 11.8 Å². The van der Waals surface area contributed by atoms with Crippen LogP contribution in [0.25, 0.3) is 0 Å². The summed E-state index contributed by atoms with van der Waals surface area (Å²) in [6, 6.07) is 0. The molecule has 0 rings (SSSR count). The monoisotopic (exact) mass is 432 g/mol. The van der Waals surface area contributed by atoms with Crippen LogP contribution in [-0.2, 0) is 19.1 Å². The van der Waals surface area contributed by atoms with Gasteiger partial charge in [0, 0.05) is 25.9 Å². The molecule has 8 nitrogen and oxygen atoms in total. The Morgan fingerprint density at radius 3 is 1.43 bits per heavy atom. The number of nitrogens with one attached hydrogen (secondary N) is 2. The number of carbonyl (C=O) groups excluding carboxylic acids is 2. The molecule has 0 fully saturated rings. The molecule has 0 aromatic carbocycles. The minimum Gasteiger partial charge on any atom is -0.394 e. The third-order valence-corrected chi connectivity index (χ3v) is 5.08. The first kappa shape index (κ1) is 28.8. The van der Waals surface area contributed by atoms with Gasteiger partial charge in [-0.15, -0.1) is 0 Å². The fourth-order valence-corrected chi connectivity index (χ4v) is 3.64. The molecule has 178 valence electrons. The van der Waals surface area contributed by atoms with Crippen molar-refractivity contribution in [3.8, 4) is 0 Å². The maximum absolute atomic E-state index is 12.1. The van der Waals surface area contributed by atoms with Crippen molar-refractivity contribution in [2.45, 2.75) is 65.2 Å². The number of aliphatic hydroxyl groups excluding tert-OH is 2. The van der Waals surface area contributed by atoms with Gasteiger partial charge in [-0.1, -0.05) is 39.5 Å². The van der Waals surface area contributed by atoms with E-state index >= 15 is 0 Å². The van der Waals surface area contributed by atoms with E-state index in [1.54, 1.807) is 0 Å². The average molecular weight is 433 g/mol. The fourth-order valence-electron chi connectivity index (χ4n) is 3.64. The summed E-state index contributed by atoms with van der Waals surface area (Å²) in [5.74, 6) is 0.929. The van der Waals surface area contributed by atoms with E-state index < -0.39 is 0 Å². The van der Waals surface area contributed by atoms with Gasteiger partial charge in [0.05, 0.1) is 39.6 Å². The molecule has 0 aliphatic heterocycles. The molecule has 0 spiro atoms. The van der Waals surface area contributed by atoms with E-state index in [1.165, 1.54) is 0 Å². The van der Waals surface area contributed by atoms with Crippen LogP contribution in [0, 0.1) is 11.8 Å². The smallest absolute Gasteiger partial charge is 0.220 e. The number of aliphatic hydroxyl groups is 2. The molecule has 4 N–H and O–H groups in total. The summed E-state index contributed by atoms with van der Waals surface area (Å²) >= 11 is 0. The SMILES string of the molecule is CCCC(CCC(=O)NCCOCCO)C(CCC)CCC(=O)NCCOCCO. The second kappa shape index (κ2) is 21.0. The van der Waals surface area contributed by atoms with Crippen LogP contribution >= 0.6 is 0 Å². The number of carbonyl (C=O) groups is 2. The summed E-state index contributed by atoms with van der Waals surface area (Å²) in [6.07, 6.45) is 6.89. The van der Waals surface area contributed by atoms with Crippen molar-refractivity contribution < 1.29 is 29.3 Å². The van der Waals surface area contributed by atoms with Crippen molar-refractivity contribution >= 4 is 11.8 Å². The molecular formula is C22H44N2O6. The number of rotatable bonds is 21. The van der Waals surface area contributed by atoms with Crippen LogP contribution < -0.4 is 10.6 Å². The van der Waals surface area contributed by atoms with Gasteiger partial charge in [0.15, 0.2) is 0 Å². The van der Waals surface area contributed by atoms with E-state index in [2.05, 4.69) is 24.5 Å². The largest absolute Gasteiger partial charge is 0.394 e. The summed E-state index contributed by atoms with van der Waals surface area (Å²) in [7, 11) is 0. The molecule has 0 saturated heterocycles. The molecule has 2 amide bonds. The third-order valence-electron chi connectivity index (χ3n) is 5.08. The summed E-state index contributed by atoms with van der Waals surface area (Å²) in [4.78, 5) is 24.2. The Labute approximate surface area is 182 Å². The number of amides is 2. The van der Waals surface area contributed by atoms with Crippen LogP contribution in [0.1, 0.15) is 65.2 Å². The molecule has 2 atom stereocenters. The molecule has 2 unspecified atom stereocenters. The lowest BCUT2D eigenvalue weighted by Gasteiger charge is -2.27. The summed E-state index contributed by atoms with van der Waals surface area (Å²) in [5, 5.41) is 23.1. The van der Waals surface area contributed by atoms with Crippen LogP contribution in [0.15, 0.2) is 0 Å². The van der Waals surface area contributed by atoms with E-state index in [1.807, 2.05) is 0 Å². The molecule has 0 aliphatic carbocycles. The molecule has 0 aromatic rings. The maximum atomic E-state index is 12.1. The molecular weight excluding hydrogens is 388 g/mol. The van der Waals surface area contributed by atoms with Crippen LogP contribution in [0.2, 0.25) is 0 Å². The summed E-state index contributed by atoms with van der Waals surface area (Å²) < 4.78 is 10.3. The number of ether oxygens (including phenoxy) is 2. The topological polar surface area (TPSA) is 117 Å². The normalized spacial score (nSPS) is 13.1. The predicted molar refractivity (Wildman–Crippen MR) is 117 cm³/mol. The maximum Gasteiger partial charge on any atom is 0.220 e. The minimum atomic E-state index is -0.0129.